The summed E-state index contributed by atoms with van der Waals surface area (Å²) in [5, 5.41) is 2.48. The average molecular weight is 268 g/mol. The molecule has 2 aromatic carbocycles. The van der Waals surface area contributed by atoms with Crippen LogP contribution in [0.25, 0.3) is 10.8 Å². The Morgan fingerprint density at radius 3 is 2.45 bits per heavy atom. The van der Waals surface area contributed by atoms with Gasteiger partial charge >= 0.3 is 0 Å². The van der Waals surface area contributed by atoms with E-state index in [1.54, 1.807) is 0 Å². The number of carbonyl (C=O) groups excluding carboxylic acids is 1. The van der Waals surface area contributed by atoms with E-state index in [0.29, 0.717) is 0 Å². The van der Waals surface area contributed by atoms with Crippen molar-refractivity contribution in [1.82, 2.24) is 0 Å². The summed E-state index contributed by atoms with van der Waals surface area (Å²) in [6, 6.07) is 12.4. The molecule has 0 bridgehead atoms. The standard InChI is InChI=1S/C19H24O/c1-2-3-4-5-6-7-11-19-17(15-20)14-13-16-10-8-9-12-18(16)19/h8-10,12-15H,2-7,11H2,1H3. The molecular formula is C19H24O. The molecular weight excluding hydrogens is 244 g/mol. The maximum absolute atomic E-state index is 11.2. The summed E-state index contributed by atoms with van der Waals surface area (Å²) in [7, 11) is 0. The van der Waals surface area contributed by atoms with Gasteiger partial charge in [-0.05, 0) is 29.2 Å². The lowest BCUT2D eigenvalue weighted by atomic mass is 9.95. The Morgan fingerprint density at radius 2 is 1.65 bits per heavy atom. The minimum atomic E-state index is 0.859. The first-order chi connectivity index (χ1) is 9.86. The molecule has 0 amide bonds. The van der Waals surface area contributed by atoms with Crippen LogP contribution >= 0.6 is 0 Å². The van der Waals surface area contributed by atoms with Gasteiger partial charge in [0.2, 0.25) is 0 Å². The second-order valence-electron chi connectivity index (χ2n) is 5.49. The highest BCUT2D eigenvalue weighted by molar-refractivity contribution is 5.93. The lowest BCUT2D eigenvalue weighted by molar-refractivity contribution is 0.112. The van der Waals surface area contributed by atoms with Crippen molar-refractivity contribution < 1.29 is 4.79 Å². The molecule has 0 atom stereocenters. The van der Waals surface area contributed by atoms with Crippen molar-refractivity contribution >= 4 is 17.1 Å². The maximum atomic E-state index is 11.2. The highest BCUT2D eigenvalue weighted by atomic mass is 16.1. The Labute approximate surface area is 122 Å². The van der Waals surface area contributed by atoms with Crippen molar-refractivity contribution in [2.45, 2.75) is 51.9 Å². The number of carbonyl (C=O) groups is 1. The molecule has 0 saturated heterocycles. The molecule has 2 rings (SSSR count). The van der Waals surface area contributed by atoms with Crippen molar-refractivity contribution in [1.29, 1.82) is 0 Å². The van der Waals surface area contributed by atoms with E-state index in [4.69, 9.17) is 0 Å². The summed E-state index contributed by atoms with van der Waals surface area (Å²) in [5.74, 6) is 0. The minimum absolute atomic E-state index is 0.859. The summed E-state index contributed by atoms with van der Waals surface area (Å²) < 4.78 is 0. The molecule has 0 fully saturated rings. The zero-order valence-electron chi connectivity index (χ0n) is 12.4. The molecule has 0 heterocycles. The van der Waals surface area contributed by atoms with Gasteiger partial charge in [0.05, 0.1) is 0 Å². The molecule has 0 aromatic heterocycles. The van der Waals surface area contributed by atoms with Crippen LogP contribution in [-0.2, 0) is 6.42 Å². The number of fused-ring (bicyclic) bond motifs is 1. The Morgan fingerprint density at radius 1 is 0.900 bits per heavy atom. The first-order valence-electron chi connectivity index (χ1n) is 7.82. The van der Waals surface area contributed by atoms with Gasteiger partial charge in [-0.1, -0.05) is 75.4 Å². The van der Waals surface area contributed by atoms with E-state index in [2.05, 4.69) is 31.2 Å². The van der Waals surface area contributed by atoms with Crippen LogP contribution in [0, 0.1) is 0 Å². The average Bonchev–Trinajstić information content (AvgIpc) is 2.50. The predicted molar refractivity (Wildman–Crippen MR) is 86.4 cm³/mol. The summed E-state index contributed by atoms with van der Waals surface area (Å²) in [5.41, 5.74) is 2.09. The number of aryl methyl sites for hydroxylation is 1. The third kappa shape index (κ3) is 3.69. The fraction of sp³-hybridized carbons (Fsp3) is 0.421. The van der Waals surface area contributed by atoms with Crippen LogP contribution in [0.15, 0.2) is 36.4 Å². The Hall–Kier alpha value is -1.63. The summed E-state index contributed by atoms with van der Waals surface area (Å²) >= 11 is 0. The summed E-state index contributed by atoms with van der Waals surface area (Å²) in [6.45, 7) is 2.24. The fourth-order valence-corrected chi connectivity index (χ4v) is 2.82. The van der Waals surface area contributed by atoms with E-state index in [1.807, 2.05) is 12.1 Å². The van der Waals surface area contributed by atoms with Crippen molar-refractivity contribution in [2.24, 2.45) is 0 Å². The molecule has 106 valence electrons. The van der Waals surface area contributed by atoms with Gasteiger partial charge in [0.25, 0.3) is 0 Å². The number of aldehydes is 1. The molecule has 20 heavy (non-hydrogen) atoms. The molecule has 0 radical (unpaired) electrons. The van der Waals surface area contributed by atoms with Crippen molar-refractivity contribution in [3.63, 3.8) is 0 Å². The maximum Gasteiger partial charge on any atom is 0.150 e. The molecule has 0 spiro atoms. The van der Waals surface area contributed by atoms with Crippen LogP contribution in [0.5, 0.6) is 0 Å². The first-order valence-corrected chi connectivity index (χ1v) is 7.82. The quantitative estimate of drug-likeness (QED) is 0.453. The van der Waals surface area contributed by atoms with Gasteiger partial charge in [-0.3, -0.25) is 4.79 Å². The Kier molecular flexibility index (Phi) is 5.79. The van der Waals surface area contributed by atoms with Gasteiger partial charge in [-0.15, -0.1) is 0 Å². The lowest BCUT2D eigenvalue weighted by Crippen LogP contribution is -1.95. The zero-order chi connectivity index (χ0) is 14.2. The molecule has 0 unspecified atom stereocenters. The van der Waals surface area contributed by atoms with Crippen molar-refractivity contribution in [3.8, 4) is 0 Å². The predicted octanol–water partition coefficient (Wildman–Crippen LogP) is 5.56. The number of hydrogen-bond acceptors (Lipinski definition) is 1. The Balaban J connectivity index is 2.05. The topological polar surface area (TPSA) is 17.1 Å². The molecule has 1 nitrogen and oxygen atoms in total. The van der Waals surface area contributed by atoms with Crippen LogP contribution < -0.4 is 0 Å². The smallest absolute Gasteiger partial charge is 0.150 e. The second kappa shape index (κ2) is 7.84. The van der Waals surface area contributed by atoms with E-state index in [9.17, 15) is 4.79 Å². The minimum Gasteiger partial charge on any atom is -0.298 e. The summed E-state index contributed by atoms with van der Waals surface area (Å²) in [6.07, 6.45) is 9.74. The van der Waals surface area contributed by atoms with E-state index in [-0.39, 0.29) is 0 Å². The van der Waals surface area contributed by atoms with Gasteiger partial charge in [-0.25, -0.2) is 0 Å². The van der Waals surface area contributed by atoms with Crippen LogP contribution in [0.1, 0.15) is 61.4 Å². The van der Waals surface area contributed by atoms with Gasteiger partial charge < -0.3 is 0 Å². The molecule has 0 aliphatic carbocycles. The van der Waals surface area contributed by atoms with E-state index in [0.717, 1.165) is 18.3 Å². The number of hydrogen-bond donors (Lipinski definition) is 0. The van der Waals surface area contributed by atoms with E-state index >= 15 is 0 Å². The first kappa shape index (κ1) is 14.8. The van der Waals surface area contributed by atoms with Gasteiger partial charge in [-0.2, -0.15) is 0 Å². The zero-order valence-corrected chi connectivity index (χ0v) is 12.4. The third-order valence-electron chi connectivity index (χ3n) is 3.98. The normalized spacial score (nSPS) is 10.8. The molecule has 0 aliphatic rings. The Bertz CT molecular complexity index is 557. The second-order valence-corrected chi connectivity index (χ2v) is 5.49. The molecule has 0 saturated carbocycles. The van der Waals surface area contributed by atoms with Crippen LogP contribution in [0.3, 0.4) is 0 Å². The van der Waals surface area contributed by atoms with E-state index < -0.39 is 0 Å². The largest absolute Gasteiger partial charge is 0.298 e. The molecule has 1 heteroatoms. The van der Waals surface area contributed by atoms with Crippen LogP contribution in [0.2, 0.25) is 0 Å². The van der Waals surface area contributed by atoms with E-state index in [1.165, 1.54) is 54.9 Å². The number of benzene rings is 2. The van der Waals surface area contributed by atoms with Crippen LogP contribution in [0.4, 0.5) is 0 Å². The lowest BCUT2D eigenvalue weighted by Gasteiger charge is -2.09. The highest BCUT2D eigenvalue weighted by Crippen LogP contribution is 2.23. The van der Waals surface area contributed by atoms with Crippen molar-refractivity contribution in [3.05, 3.63) is 47.5 Å². The fourth-order valence-electron chi connectivity index (χ4n) is 2.82. The van der Waals surface area contributed by atoms with Gasteiger partial charge in [0.15, 0.2) is 0 Å². The highest BCUT2D eigenvalue weighted by Gasteiger charge is 2.06. The third-order valence-corrected chi connectivity index (χ3v) is 3.98. The monoisotopic (exact) mass is 268 g/mol. The van der Waals surface area contributed by atoms with Gasteiger partial charge in [0, 0.05) is 5.56 Å². The number of unbranched alkanes of at least 4 members (excludes halogenated alkanes) is 5. The van der Waals surface area contributed by atoms with Crippen LogP contribution in [-0.4, -0.2) is 6.29 Å². The molecule has 0 aliphatic heterocycles. The molecule has 0 N–H and O–H groups in total. The summed E-state index contributed by atoms with van der Waals surface area (Å²) in [4.78, 5) is 11.2. The van der Waals surface area contributed by atoms with Crippen molar-refractivity contribution in [2.75, 3.05) is 0 Å². The number of rotatable bonds is 8. The molecule has 2 aromatic rings. The SMILES string of the molecule is CCCCCCCCc1c(C=O)ccc2ccccc12. The van der Waals surface area contributed by atoms with Gasteiger partial charge in [0.1, 0.15) is 6.29 Å².